The number of rotatable bonds is 5. The van der Waals surface area contributed by atoms with Gasteiger partial charge in [0.2, 0.25) is 15.9 Å². The minimum Gasteiger partial charge on any atom is -0.340 e. The zero-order valence-corrected chi connectivity index (χ0v) is 20.7. The predicted molar refractivity (Wildman–Crippen MR) is 127 cm³/mol. The number of nitriles is 1. The molecule has 1 saturated heterocycles. The van der Waals surface area contributed by atoms with Crippen LogP contribution in [-0.4, -0.2) is 64.3 Å². The van der Waals surface area contributed by atoms with E-state index in [4.69, 9.17) is 0 Å². The number of aryl methyl sites for hydroxylation is 4. The highest BCUT2D eigenvalue weighted by Crippen LogP contribution is 2.22. The molecule has 0 N–H and O–H groups in total. The molecule has 1 aliphatic rings. The molecule has 178 valence electrons. The second-order valence-corrected chi connectivity index (χ2v) is 10.6. The van der Waals surface area contributed by atoms with E-state index in [1.54, 1.807) is 21.5 Å². The van der Waals surface area contributed by atoms with Crippen molar-refractivity contribution in [2.45, 2.75) is 45.4 Å². The summed E-state index contributed by atoms with van der Waals surface area (Å²) in [6.45, 7) is 8.91. The van der Waals surface area contributed by atoms with E-state index in [0.717, 1.165) is 28.1 Å². The molecule has 0 radical (unpaired) electrons. The van der Waals surface area contributed by atoms with Crippen molar-refractivity contribution in [3.63, 3.8) is 0 Å². The van der Waals surface area contributed by atoms with E-state index in [-0.39, 0.29) is 19.0 Å². The standard InChI is InChI=1S/C24H28N6O3S/c1-16-5-6-21(13-17(16)2)34(32,33)29-11-9-28(10-12-29)23(31)8-7-22-18(3)27-24-20(14-25)15-26-30(24)19(22)4/h5-6,13,15H,7-12H2,1-4H3. The topological polar surface area (TPSA) is 112 Å². The van der Waals surface area contributed by atoms with E-state index in [1.807, 2.05) is 33.8 Å². The Labute approximate surface area is 199 Å². The third-order valence-corrected chi connectivity index (χ3v) is 8.52. The lowest BCUT2D eigenvalue weighted by Crippen LogP contribution is -2.50. The van der Waals surface area contributed by atoms with Crippen molar-refractivity contribution in [3.8, 4) is 6.07 Å². The number of carbonyl (C=O) groups is 1. The van der Waals surface area contributed by atoms with Crippen LogP contribution < -0.4 is 0 Å². The van der Waals surface area contributed by atoms with Gasteiger partial charge in [-0.1, -0.05) is 6.07 Å². The summed E-state index contributed by atoms with van der Waals surface area (Å²) in [6, 6.07) is 7.26. The minimum absolute atomic E-state index is 0.0136. The summed E-state index contributed by atoms with van der Waals surface area (Å²) in [5.41, 5.74) is 5.50. The van der Waals surface area contributed by atoms with Gasteiger partial charge in [0, 0.05) is 44.0 Å². The van der Waals surface area contributed by atoms with Gasteiger partial charge >= 0.3 is 0 Å². The smallest absolute Gasteiger partial charge is 0.243 e. The SMILES string of the molecule is Cc1ccc(S(=O)(=O)N2CCN(C(=O)CCc3c(C)nc4c(C#N)cnn4c3C)CC2)cc1C. The van der Waals surface area contributed by atoms with Gasteiger partial charge in [0.15, 0.2) is 5.65 Å². The van der Waals surface area contributed by atoms with E-state index >= 15 is 0 Å². The van der Waals surface area contributed by atoms with Gasteiger partial charge in [0.05, 0.1) is 11.1 Å². The molecular weight excluding hydrogens is 452 g/mol. The fraction of sp³-hybridized carbons (Fsp3) is 0.417. The monoisotopic (exact) mass is 480 g/mol. The van der Waals surface area contributed by atoms with Gasteiger partial charge in [0.1, 0.15) is 11.6 Å². The van der Waals surface area contributed by atoms with E-state index < -0.39 is 10.0 Å². The average molecular weight is 481 g/mol. The second-order valence-electron chi connectivity index (χ2n) is 8.70. The van der Waals surface area contributed by atoms with Gasteiger partial charge in [-0.05, 0) is 62.9 Å². The molecule has 0 atom stereocenters. The Balaban J connectivity index is 1.40. The molecule has 0 unspecified atom stereocenters. The van der Waals surface area contributed by atoms with E-state index in [9.17, 15) is 18.5 Å². The Morgan fingerprint density at radius 3 is 2.44 bits per heavy atom. The molecule has 3 heterocycles. The normalized spacial score (nSPS) is 15.0. The number of sulfonamides is 1. The van der Waals surface area contributed by atoms with Gasteiger partial charge in [-0.3, -0.25) is 4.79 Å². The van der Waals surface area contributed by atoms with Crippen molar-refractivity contribution >= 4 is 21.6 Å². The molecule has 4 rings (SSSR count). The van der Waals surface area contributed by atoms with Crippen LogP contribution in [0.3, 0.4) is 0 Å². The highest BCUT2D eigenvalue weighted by atomic mass is 32.2. The molecule has 0 bridgehead atoms. The number of piperazine rings is 1. The summed E-state index contributed by atoms with van der Waals surface area (Å²) in [7, 11) is -3.58. The van der Waals surface area contributed by atoms with Crippen LogP contribution in [0, 0.1) is 39.0 Å². The fourth-order valence-electron chi connectivity index (χ4n) is 4.34. The van der Waals surface area contributed by atoms with Gasteiger partial charge in [0.25, 0.3) is 0 Å². The molecule has 34 heavy (non-hydrogen) atoms. The highest BCUT2D eigenvalue weighted by Gasteiger charge is 2.30. The molecule has 1 amide bonds. The molecule has 3 aromatic rings. The Morgan fingerprint density at radius 1 is 1.09 bits per heavy atom. The number of amides is 1. The van der Waals surface area contributed by atoms with E-state index in [2.05, 4.69) is 16.2 Å². The minimum atomic E-state index is -3.58. The number of aromatic nitrogens is 3. The molecule has 1 aromatic carbocycles. The maximum Gasteiger partial charge on any atom is 0.243 e. The van der Waals surface area contributed by atoms with Gasteiger partial charge in [-0.2, -0.15) is 14.7 Å². The number of hydrogen-bond acceptors (Lipinski definition) is 6. The molecule has 10 heteroatoms. The summed E-state index contributed by atoms with van der Waals surface area (Å²) in [4.78, 5) is 19.4. The van der Waals surface area contributed by atoms with Gasteiger partial charge in [-0.15, -0.1) is 0 Å². The molecule has 9 nitrogen and oxygen atoms in total. The number of benzene rings is 1. The molecule has 0 aliphatic carbocycles. The summed E-state index contributed by atoms with van der Waals surface area (Å²) in [6.07, 6.45) is 2.29. The van der Waals surface area contributed by atoms with Crippen molar-refractivity contribution in [1.82, 2.24) is 23.8 Å². The first-order valence-corrected chi connectivity index (χ1v) is 12.7. The number of carbonyl (C=O) groups excluding carboxylic acids is 1. The maximum absolute atomic E-state index is 13.0. The number of nitrogens with zero attached hydrogens (tertiary/aromatic N) is 6. The first kappa shape index (κ1) is 23.9. The fourth-order valence-corrected chi connectivity index (χ4v) is 5.85. The quantitative estimate of drug-likeness (QED) is 0.554. The first-order valence-electron chi connectivity index (χ1n) is 11.2. The van der Waals surface area contributed by atoms with Crippen LogP contribution in [-0.2, 0) is 21.2 Å². The van der Waals surface area contributed by atoms with Crippen molar-refractivity contribution in [3.05, 3.63) is 58.0 Å². The lowest BCUT2D eigenvalue weighted by atomic mass is 10.1. The first-order chi connectivity index (χ1) is 16.1. The van der Waals surface area contributed by atoms with Crippen molar-refractivity contribution in [2.24, 2.45) is 0 Å². The molecule has 0 saturated carbocycles. The molecule has 1 aliphatic heterocycles. The van der Waals surface area contributed by atoms with Crippen molar-refractivity contribution in [1.29, 1.82) is 5.26 Å². The maximum atomic E-state index is 13.0. The van der Waals surface area contributed by atoms with Crippen LogP contribution in [0.2, 0.25) is 0 Å². The number of fused-ring (bicyclic) bond motifs is 1. The lowest BCUT2D eigenvalue weighted by molar-refractivity contribution is -0.132. The molecule has 1 fully saturated rings. The summed E-state index contributed by atoms with van der Waals surface area (Å²) >= 11 is 0. The predicted octanol–water partition coefficient (Wildman–Crippen LogP) is 2.30. The highest BCUT2D eigenvalue weighted by molar-refractivity contribution is 7.89. The van der Waals surface area contributed by atoms with Crippen LogP contribution in [0.25, 0.3) is 5.65 Å². The third kappa shape index (κ3) is 4.29. The Morgan fingerprint density at radius 2 is 1.79 bits per heavy atom. The Hall–Kier alpha value is -3.29. The van der Waals surface area contributed by atoms with Crippen LogP contribution in [0.15, 0.2) is 29.3 Å². The molecule has 0 spiro atoms. The second kappa shape index (κ2) is 9.16. The summed E-state index contributed by atoms with van der Waals surface area (Å²) in [5, 5.41) is 13.5. The van der Waals surface area contributed by atoms with Gasteiger partial charge < -0.3 is 4.90 Å². The van der Waals surface area contributed by atoms with E-state index in [0.29, 0.717) is 42.0 Å². The zero-order valence-electron chi connectivity index (χ0n) is 19.9. The van der Waals surface area contributed by atoms with Crippen LogP contribution in [0.1, 0.15) is 40.1 Å². The number of hydrogen-bond donors (Lipinski definition) is 0. The van der Waals surface area contributed by atoms with Crippen LogP contribution in [0.5, 0.6) is 0 Å². The summed E-state index contributed by atoms with van der Waals surface area (Å²) < 4.78 is 29.2. The van der Waals surface area contributed by atoms with Crippen LogP contribution >= 0.6 is 0 Å². The Bertz CT molecular complexity index is 1410. The third-order valence-electron chi connectivity index (χ3n) is 6.63. The zero-order chi connectivity index (χ0) is 24.6. The van der Waals surface area contributed by atoms with Crippen molar-refractivity contribution in [2.75, 3.05) is 26.2 Å². The van der Waals surface area contributed by atoms with Gasteiger partial charge in [-0.25, -0.2) is 17.9 Å². The lowest BCUT2D eigenvalue weighted by Gasteiger charge is -2.34. The van der Waals surface area contributed by atoms with Crippen molar-refractivity contribution < 1.29 is 13.2 Å². The van der Waals surface area contributed by atoms with E-state index in [1.165, 1.54) is 10.5 Å². The van der Waals surface area contributed by atoms with Crippen LogP contribution in [0.4, 0.5) is 0 Å². The average Bonchev–Trinajstić information content (AvgIpc) is 3.23. The summed E-state index contributed by atoms with van der Waals surface area (Å²) in [5.74, 6) is -0.0136. The molecule has 2 aromatic heterocycles. The molecular formula is C24H28N6O3S. The largest absolute Gasteiger partial charge is 0.340 e. The Kier molecular flexibility index (Phi) is 6.43.